The topological polar surface area (TPSA) is 111 Å². The Morgan fingerprint density at radius 3 is 2.44 bits per heavy atom. The Kier molecular flexibility index (Phi) is 7.07. The number of aliphatic hydroxyl groups is 1. The summed E-state index contributed by atoms with van der Waals surface area (Å²) >= 11 is 0. The van der Waals surface area contributed by atoms with Gasteiger partial charge in [-0.25, -0.2) is 4.79 Å². The maximum absolute atomic E-state index is 13.4. The molecule has 1 amide bonds. The molecule has 0 spiro atoms. The average molecular weight is 473 g/mol. The third-order valence-electron chi connectivity index (χ3n) is 5.91. The number of methoxy groups -OCH3 is 1. The number of carbonyl (C=O) groups excluding carboxylic acids is 1. The lowest BCUT2D eigenvalue weighted by molar-refractivity contribution is -0.385. The van der Waals surface area contributed by atoms with Crippen molar-refractivity contribution in [2.45, 2.75) is 64.4 Å². The number of fused-ring (bicyclic) bond motifs is 1. The molecule has 3 rings (SSSR count). The minimum atomic E-state index is -1.22. The molecular formula is C25H32N2O7. The summed E-state index contributed by atoms with van der Waals surface area (Å²) in [5.74, 6) is 0.143. The van der Waals surface area contributed by atoms with Gasteiger partial charge in [-0.15, -0.1) is 0 Å². The summed E-state index contributed by atoms with van der Waals surface area (Å²) in [4.78, 5) is 25.9. The first-order chi connectivity index (χ1) is 15.8. The van der Waals surface area contributed by atoms with E-state index < -0.39 is 34.4 Å². The van der Waals surface area contributed by atoms with Gasteiger partial charge < -0.3 is 24.2 Å². The lowest BCUT2D eigenvalue weighted by Crippen LogP contribution is -2.52. The largest absolute Gasteiger partial charge is 0.490 e. The van der Waals surface area contributed by atoms with Crippen molar-refractivity contribution in [2.75, 3.05) is 13.7 Å². The minimum Gasteiger partial charge on any atom is -0.490 e. The average Bonchev–Trinajstić information content (AvgIpc) is 2.75. The van der Waals surface area contributed by atoms with E-state index in [2.05, 4.69) is 0 Å². The second-order valence-corrected chi connectivity index (χ2v) is 9.83. The normalized spacial score (nSPS) is 18.9. The van der Waals surface area contributed by atoms with E-state index >= 15 is 0 Å². The van der Waals surface area contributed by atoms with Gasteiger partial charge in [0.15, 0.2) is 11.9 Å². The predicted molar refractivity (Wildman–Crippen MR) is 126 cm³/mol. The highest BCUT2D eigenvalue weighted by molar-refractivity contribution is 5.69. The van der Waals surface area contributed by atoms with E-state index in [-0.39, 0.29) is 17.2 Å². The van der Waals surface area contributed by atoms with Crippen LogP contribution in [0.2, 0.25) is 0 Å². The van der Waals surface area contributed by atoms with E-state index in [9.17, 15) is 20.0 Å². The summed E-state index contributed by atoms with van der Waals surface area (Å²) in [5.41, 5.74) is -0.596. The molecule has 0 aromatic heterocycles. The molecule has 1 heterocycles. The summed E-state index contributed by atoms with van der Waals surface area (Å²) in [7, 11) is 1.31. The van der Waals surface area contributed by atoms with Crippen molar-refractivity contribution in [1.82, 2.24) is 4.90 Å². The van der Waals surface area contributed by atoms with Crippen LogP contribution in [-0.4, -0.2) is 51.9 Å². The van der Waals surface area contributed by atoms with Crippen LogP contribution in [0.3, 0.4) is 0 Å². The molecule has 0 saturated carbocycles. The van der Waals surface area contributed by atoms with Crippen molar-refractivity contribution in [3.05, 3.63) is 63.7 Å². The maximum atomic E-state index is 13.4. The summed E-state index contributed by atoms with van der Waals surface area (Å²) in [5, 5.41) is 22.5. The Hall–Kier alpha value is -3.33. The molecule has 184 valence electrons. The number of nitrogens with zero attached hydrogens (tertiary/aromatic N) is 2. The molecule has 9 heteroatoms. The molecule has 2 aromatic rings. The Balaban J connectivity index is 1.94. The van der Waals surface area contributed by atoms with Crippen molar-refractivity contribution >= 4 is 11.8 Å². The van der Waals surface area contributed by atoms with E-state index in [0.29, 0.717) is 18.5 Å². The van der Waals surface area contributed by atoms with E-state index in [0.717, 1.165) is 5.56 Å². The fraction of sp³-hybridized carbons (Fsp3) is 0.480. The van der Waals surface area contributed by atoms with Crippen molar-refractivity contribution in [1.29, 1.82) is 0 Å². The van der Waals surface area contributed by atoms with Gasteiger partial charge in [-0.3, -0.25) is 10.1 Å². The van der Waals surface area contributed by atoms with Crippen LogP contribution in [0.1, 0.15) is 51.8 Å². The summed E-state index contributed by atoms with van der Waals surface area (Å²) in [6.45, 7) is 9.40. The fourth-order valence-corrected chi connectivity index (χ4v) is 3.95. The number of hydrogen-bond donors (Lipinski definition) is 1. The first-order valence-electron chi connectivity index (χ1n) is 11.1. The quantitative estimate of drug-likeness (QED) is 0.481. The number of carbonyl (C=O) groups is 1. The second kappa shape index (κ2) is 9.50. The lowest BCUT2D eigenvalue weighted by atomic mass is 9.88. The number of nitro groups is 1. The standard InChI is InChI=1S/C25H32N2O7/c1-24(2,3)26(13-12-16-10-8-7-9-11-16)23(29)33-21-17-14-20(32-6)18(27(30)31)15-19(17)34-25(4,5)22(21)28/h7-11,14-15,21-22,28H,12-13H2,1-6H3/t21-,22+/m0/s1. The molecule has 1 aliphatic rings. The Morgan fingerprint density at radius 2 is 1.88 bits per heavy atom. The third-order valence-corrected chi connectivity index (χ3v) is 5.91. The zero-order chi connectivity index (χ0) is 25.3. The molecular weight excluding hydrogens is 440 g/mol. The highest BCUT2D eigenvalue weighted by Gasteiger charge is 2.47. The van der Waals surface area contributed by atoms with Gasteiger partial charge in [0, 0.05) is 17.6 Å². The minimum absolute atomic E-state index is 0.0166. The molecule has 2 aromatic carbocycles. The Bertz CT molecular complexity index is 1050. The van der Waals surface area contributed by atoms with Crippen LogP contribution in [-0.2, 0) is 11.2 Å². The van der Waals surface area contributed by atoms with E-state index in [4.69, 9.17) is 14.2 Å². The third kappa shape index (κ3) is 5.25. The number of ether oxygens (including phenoxy) is 3. The number of amides is 1. The van der Waals surface area contributed by atoms with Crippen molar-refractivity contribution in [3.8, 4) is 11.5 Å². The SMILES string of the molecule is COc1cc2c(cc1[N+](=O)[O-])OC(C)(C)[C@H](O)[C@H]2OC(=O)N(CCc1ccccc1)C(C)(C)C. The Labute approximate surface area is 199 Å². The maximum Gasteiger partial charge on any atom is 0.410 e. The fourth-order valence-electron chi connectivity index (χ4n) is 3.95. The number of hydrogen-bond acceptors (Lipinski definition) is 7. The summed E-state index contributed by atoms with van der Waals surface area (Å²) < 4.78 is 16.9. The number of rotatable bonds is 6. The van der Waals surface area contributed by atoms with Gasteiger partial charge in [-0.1, -0.05) is 30.3 Å². The van der Waals surface area contributed by atoms with Crippen LogP contribution in [0.4, 0.5) is 10.5 Å². The van der Waals surface area contributed by atoms with Gasteiger partial charge in [0.25, 0.3) is 0 Å². The van der Waals surface area contributed by atoms with Gasteiger partial charge in [-0.05, 0) is 52.7 Å². The zero-order valence-electron chi connectivity index (χ0n) is 20.4. The highest BCUT2D eigenvalue weighted by Crippen LogP contribution is 2.46. The van der Waals surface area contributed by atoms with Crippen molar-refractivity contribution in [2.24, 2.45) is 0 Å². The monoisotopic (exact) mass is 472 g/mol. The van der Waals surface area contributed by atoms with Crippen LogP contribution in [0, 0.1) is 10.1 Å². The van der Waals surface area contributed by atoms with E-state index in [1.807, 2.05) is 51.1 Å². The first-order valence-corrected chi connectivity index (χ1v) is 11.1. The first kappa shape index (κ1) is 25.3. The molecule has 2 atom stereocenters. The molecule has 9 nitrogen and oxygen atoms in total. The van der Waals surface area contributed by atoms with Crippen molar-refractivity contribution in [3.63, 3.8) is 0 Å². The molecule has 0 fully saturated rings. The number of aliphatic hydroxyl groups excluding tert-OH is 1. The zero-order valence-corrected chi connectivity index (χ0v) is 20.4. The molecule has 1 N–H and O–H groups in total. The molecule has 0 bridgehead atoms. The van der Waals surface area contributed by atoms with Crippen LogP contribution in [0.5, 0.6) is 11.5 Å². The second-order valence-electron chi connectivity index (χ2n) is 9.83. The number of benzene rings is 2. The van der Waals surface area contributed by atoms with Gasteiger partial charge in [-0.2, -0.15) is 0 Å². The van der Waals surface area contributed by atoms with Gasteiger partial charge in [0.05, 0.1) is 18.1 Å². The number of nitro benzene ring substituents is 1. The summed E-state index contributed by atoms with van der Waals surface area (Å²) in [6, 6.07) is 12.4. The van der Waals surface area contributed by atoms with Crippen LogP contribution < -0.4 is 9.47 Å². The van der Waals surface area contributed by atoms with Crippen LogP contribution in [0.25, 0.3) is 0 Å². The molecule has 0 saturated heterocycles. The van der Waals surface area contributed by atoms with E-state index in [1.54, 1.807) is 18.7 Å². The Morgan fingerprint density at radius 1 is 1.24 bits per heavy atom. The smallest absolute Gasteiger partial charge is 0.410 e. The highest BCUT2D eigenvalue weighted by atomic mass is 16.6. The van der Waals surface area contributed by atoms with Gasteiger partial charge in [0.2, 0.25) is 0 Å². The van der Waals surface area contributed by atoms with Gasteiger partial charge in [0.1, 0.15) is 17.5 Å². The molecule has 34 heavy (non-hydrogen) atoms. The van der Waals surface area contributed by atoms with Crippen LogP contribution in [0.15, 0.2) is 42.5 Å². The molecule has 0 aliphatic carbocycles. The molecule has 1 aliphatic heterocycles. The van der Waals surface area contributed by atoms with Crippen LogP contribution >= 0.6 is 0 Å². The summed E-state index contributed by atoms with van der Waals surface area (Å²) in [6.07, 6.45) is -2.30. The molecule has 0 unspecified atom stereocenters. The predicted octanol–water partition coefficient (Wildman–Crippen LogP) is 4.66. The van der Waals surface area contributed by atoms with Crippen molar-refractivity contribution < 1.29 is 29.0 Å². The molecule has 0 radical (unpaired) electrons. The van der Waals surface area contributed by atoms with Gasteiger partial charge >= 0.3 is 11.8 Å². The van der Waals surface area contributed by atoms with E-state index in [1.165, 1.54) is 19.2 Å². The lowest BCUT2D eigenvalue weighted by Gasteiger charge is -2.43.